The van der Waals surface area contributed by atoms with Crippen molar-refractivity contribution < 1.29 is 5.21 Å². The monoisotopic (exact) mass is 252 g/mol. The Hall–Kier alpha value is -1.43. The molecule has 0 aliphatic carbocycles. The van der Waals surface area contributed by atoms with E-state index in [1.54, 1.807) is 18.5 Å². The third-order valence-corrected chi connectivity index (χ3v) is 3.90. The summed E-state index contributed by atoms with van der Waals surface area (Å²) in [6.07, 6.45) is 3.43. The molecule has 1 aliphatic rings. The van der Waals surface area contributed by atoms with Gasteiger partial charge in [0.2, 0.25) is 0 Å². The maximum Gasteiger partial charge on any atom is 0.172 e. The maximum atomic E-state index is 8.78. The lowest BCUT2D eigenvalue weighted by Crippen LogP contribution is -2.38. The highest BCUT2D eigenvalue weighted by molar-refractivity contribution is 8.00. The van der Waals surface area contributed by atoms with Crippen molar-refractivity contribution in [1.82, 2.24) is 4.98 Å². The highest BCUT2D eigenvalue weighted by Gasteiger charge is 2.20. The first kappa shape index (κ1) is 12.0. The topological polar surface area (TPSA) is 74.7 Å². The van der Waals surface area contributed by atoms with Crippen molar-refractivity contribution in [3.8, 4) is 0 Å². The van der Waals surface area contributed by atoms with Gasteiger partial charge in [-0.3, -0.25) is 4.98 Å². The molecule has 1 saturated heterocycles. The number of anilines is 1. The zero-order valence-corrected chi connectivity index (χ0v) is 10.5. The van der Waals surface area contributed by atoms with Crippen molar-refractivity contribution in [1.29, 1.82) is 0 Å². The van der Waals surface area contributed by atoms with Crippen molar-refractivity contribution in [2.24, 2.45) is 10.9 Å². The van der Waals surface area contributed by atoms with Crippen LogP contribution >= 0.6 is 11.8 Å². The summed E-state index contributed by atoms with van der Waals surface area (Å²) < 4.78 is 0. The zero-order valence-electron chi connectivity index (χ0n) is 9.71. The van der Waals surface area contributed by atoms with E-state index in [-0.39, 0.29) is 5.84 Å². The Bertz CT molecular complexity index is 424. The van der Waals surface area contributed by atoms with E-state index in [2.05, 4.69) is 22.0 Å². The second kappa shape index (κ2) is 5.27. The number of amidine groups is 1. The van der Waals surface area contributed by atoms with Crippen LogP contribution in [0, 0.1) is 0 Å². The molecule has 92 valence electrons. The van der Waals surface area contributed by atoms with E-state index in [4.69, 9.17) is 10.9 Å². The molecule has 6 heteroatoms. The van der Waals surface area contributed by atoms with Gasteiger partial charge in [-0.25, -0.2) is 0 Å². The first-order valence-electron chi connectivity index (χ1n) is 5.51. The van der Waals surface area contributed by atoms with Crippen LogP contribution in [0.25, 0.3) is 0 Å². The molecule has 2 heterocycles. The summed E-state index contributed by atoms with van der Waals surface area (Å²) in [5.74, 6) is 1.22. The van der Waals surface area contributed by atoms with Crippen LogP contribution in [0.1, 0.15) is 12.5 Å². The lowest BCUT2D eigenvalue weighted by molar-refractivity contribution is 0.318. The standard InChI is InChI=1S/C11H16N4OS/c1-8-7-15(4-5-17-8)10-6-13-3-2-9(10)11(12)14-16/h2-3,6,8,16H,4-5,7H2,1H3,(H2,12,14). The van der Waals surface area contributed by atoms with Crippen molar-refractivity contribution in [2.45, 2.75) is 12.2 Å². The van der Waals surface area contributed by atoms with Crippen molar-refractivity contribution in [3.05, 3.63) is 24.0 Å². The van der Waals surface area contributed by atoms with Crippen molar-refractivity contribution in [2.75, 3.05) is 23.7 Å². The largest absolute Gasteiger partial charge is 0.409 e. The highest BCUT2D eigenvalue weighted by atomic mass is 32.2. The summed E-state index contributed by atoms with van der Waals surface area (Å²) in [5.41, 5.74) is 7.35. The van der Waals surface area contributed by atoms with Crippen molar-refractivity contribution in [3.63, 3.8) is 0 Å². The molecule has 1 aromatic rings. The van der Waals surface area contributed by atoms with Crippen LogP contribution in [-0.2, 0) is 0 Å². The minimum atomic E-state index is 0.133. The molecule has 0 spiro atoms. The molecule has 0 radical (unpaired) electrons. The Morgan fingerprint density at radius 3 is 3.24 bits per heavy atom. The quantitative estimate of drug-likeness (QED) is 0.357. The first-order chi connectivity index (χ1) is 8.22. The van der Waals surface area contributed by atoms with Gasteiger partial charge in [-0.05, 0) is 6.07 Å². The predicted molar refractivity (Wildman–Crippen MR) is 70.9 cm³/mol. The minimum Gasteiger partial charge on any atom is -0.409 e. The first-order valence-corrected chi connectivity index (χ1v) is 6.55. The van der Waals surface area contributed by atoms with E-state index < -0.39 is 0 Å². The second-order valence-electron chi connectivity index (χ2n) is 4.01. The van der Waals surface area contributed by atoms with Crippen LogP contribution in [0.15, 0.2) is 23.6 Å². The SMILES string of the molecule is CC1CN(c2cnccc2/C(N)=N/O)CCS1. The van der Waals surface area contributed by atoms with Gasteiger partial charge in [-0.1, -0.05) is 12.1 Å². The molecule has 17 heavy (non-hydrogen) atoms. The van der Waals surface area contributed by atoms with Gasteiger partial charge in [0, 0.05) is 35.9 Å². The van der Waals surface area contributed by atoms with Crippen LogP contribution in [0.3, 0.4) is 0 Å². The van der Waals surface area contributed by atoms with Crippen molar-refractivity contribution >= 4 is 23.3 Å². The van der Waals surface area contributed by atoms with Crippen LogP contribution in [-0.4, -0.2) is 40.1 Å². The van der Waals surface area contributed by atoms with Gasteiger partial charge in [-0.15, -0.1) is 0 Å². The normalized spacial score (nSPS) is 21.6. The van der Waals surface area contributed by atoms with Gasteiger partial charge in [0.15, 0.2) is 5.84 Å². The summed E-state index contributed by atoms with van der Waals surface area (Å²) >= 11 is 1.96. The number of aromatic nitrogens is 1. The van der Waals surface area contributed by atoms with Crippen LogP contribution in [0.4, 0.5) is 5.69 Å². The Kier molecular flexibility index (Phi) is 3.73. The number of nitrogens with two attached hydrogens (primary N) is 1. The number of pyridine rings is 1. The number of hydrogen-bond donors (Lipinski definition) is 2. The molecule has 5 nitrogen and oxygen atoms in total. The molecule has 1 aliphatic heterocycles. The molecule has 1 unspecified atom stereocenters. The average molecular weight is 252 g/mol. The van der Waals surface area contributed by atoms with Gasteiger partial charge in [0.1, 0.15) is 0 Å². The van der Waals surface area contributed by atoms with E-state index in [0.29, 0.717) is 5.25 Å². The predicted octanol–water partition coefficient (Wildman–Crippen LogP) is 1.12. The molecule has 2 rings (SSSR count). The average Bonchev–Trinajstić information content (AvgIpc) is 2.38. The summed E-state index contributed by atoms with van der Waals surface area (Å²) in [5, 5.41) is 12.4. The maximum absolute atomic E-state index is 8.78. The Balaban J connectivity index is 2.31. The molecular formula is C11H16N4OS. The molecule has 1 atom stereocenters. The third-order valence-electron chi connectivity index (χ3n) is 2.77. The zero-order chi connectivity index (χ0) is 12.3. The molecule has 3 N–H and O–H groups in total. The molecule has 0 aromatic carbocycles. The molecular weight excluding hydrogens is 236 g/mol. The molecule has 0 amide bonds. The lowest BCUT2D eigenvalue weighted by atomic mass is 10.2. The molecule has 1 aromatic heterocycles. The molecule has 0 bridgehead atoms. The van der Waals surface area contributed by atoms with Crippen LogP contribution in [0.5, 0.6) is 0 Å². The fourth-order valence-electron chi connectivity index (χ4n) is 1.95. The smallest absolute Gasteiger partial charge is 0.172 e. The van der Waals surface area contributed by atoms with Crippen LogP contribution < -0.4 is 10.6 Å². The fourth-order valence-corrected chi connectivity index (χ4v) is 2.96. The van der Waals surface area contributed by atoms with Gasteiger partial charge in [0.05, 0.1) is 11.9 Å². The van der Waals surface area contributed by atoms with E-state index in [1.165, 1.54) is 0 Å². The Morgan fingerprint density at radius 2 is 2.53 bits per heavy atom. The summed E-state index contributed by atoms with van der Waals surface area (Å²) in [4.78, 5) is 6.36. The molecule has 0 saturated carbocycles. The Morgan fingerprint density at radius 1 is 1.71 bits per heavy atom. The summed E-state index contributed by atoms with van der Waals surface area (Å²) in [7, 11) is 0. The van der Waals surface area contributed by atoms with E-state index in [1.807, 2.05) is 11.8 Å². The van der Waals surface area contributed by atoms with Gasteiger partial charge in [-0.2, -0.15) is 11.8 Å². The van der Waals surface area contributed by atoms with Gasteiger partial charge in [0.25, 0.3) is 0 Å². The van der Waals surface area contributed by atoms with Gasteiger partial charge >= 0.3 is 0 Å². The summed E-state index contributed by atoms with van der Waals surface area (Å²) in [6.45, 7) is 4.13. The van der Waals surface area contributed by atoms with E-state index >= 15 is 0 Å². The number of oxime groups is 1. The van der Waals surface area contributed by atoms with E-state index in [0.717, 1.165) is 30.1 Å². The highest BCUT2D eigenvalue weighted by Crippen LogP contribution is 2.25. The lowest BCUT2D eigenvalue weighted by Gasteiger charge is -2.33. The second-order valence-corrected chi connectivity index (χ2v) is 5.55. The third kappa shape index (κ3) is 2.63. The molecule has 1 fully saturated rings. The number of thioether (sulfide) groups is 1. The Labute approximate surface area is 105 Å². The number of nitrogens with zero attached hydrogens (tertiary/aromatic N) is 3. The van der Waals surface area contributed by atoms with Gasteiger partial charge < -0.3 is 15.8 Å². The van der Waals surface area contributed by atoms with E-state index in [9.17, 15) is 0 Å². The minimum absolute atomic E-state index is 0.133. The fraction of sp³-hybridized carbons (Fsp3) is 0.455. The summed E-state index contributed by atoms with van der Waals surface area (Å²) in [6, 6.07) is 1.77. The number of rotatable bonds is 2. The van der Waals surface area contributed by atoms with Crippen LogP contribution in [0.2, 0.25) is 0 Å². The number of hydrogen-bond acceptors (Lipinski definition) is 5.